The largest absolute Gasteiger partial charge is 0.493 e. The van der Waals surface area contributed by atoms with Crippen molar-refractivity contribution in [1.29, 1.82) is 0 Å². The van der Waals surface area contributed by atoms with Crippen molar-refractivity contribution >= 4 is 5.91 Å². The summed E-state index contributed by atoms with van der Waals surface area (Å²) in [7, 11) is 3.24. The standard InChI is InChI=1S/C15H24N2O3/c1-11(16)10-12-6-4-7-13(19-3)15(12)20-9-5-8-14(18)17-2/h4,6-7,11H,5,8-10,16H2,1-3H3,(H,17,18). The van der Waals surface area contributed by atoms with Crippen LogP contribution in [0.2, 0.25) is 0 Å². The molecular formula is C15H24N2O3. The predicted molar refractivity (Wildman–Crippen MR) is 79.1 cm³/mol. The highest BCUT2D eigenvalue weighted by atomic mass is 16.5. The van der Waals surface area contributed by atoms with E-state index in [9.17, 15) is 4.79 Å². The number of carbonyl (C=O) groups excluding carboxylic acids is 1. The molecule has 5 heteroatoms. The van der Waals surface area contributed by atoms with Gasteiger partial charge in [0, 0.05) is 19.5 Å². The highest BCUT2D eigenvalue weighted by molar-refractivity contribution is 5.75. The molecule has 1 amide bonds. The number of nitrogens with two attached hydrogens (primary N) is 1. The third-order valence-corrected chi connectivity index (χ3v) is 2.90. The van der Waals surface area contributed by atoms with Gasteiger partial charge < -0.3 is 20.5 Å². The Hall–Kier alpha value is -1.75. The van der Waals surface area contributed by atoms with Gasteiger partial charge in [-0.3, -0.25) is 4.79 Å². The molecule has 0 bridgehead atoms. The maximum Gasteiger partial charge on any atom is 0.219 e. The highest BCUT2D eigenvalue weighted by Gasteiger charge is 2.12. The number of amides is 1. The van der Waals surface area contributed by atoms with E-state index in [1.807, 2.05) is 25.1 Å². The first-order valence-electron chi connectivity index (χ1n) is 6.83. The first kappa shape index (κ1) is 16.3. The lowest BCUT2D eigenvalue weighted by Gasteiger charge is -2.16. The van der Waals surface area contributed by atoms with Crippen molar-refractivity contribution in [2.45, 2.75) is 32.2 Å². The summed E-state index contributed by atoms with van der Waals surface area (Å²) in [5.74, 6) is 1.44. The summed E-state index contributed by atoms with van der Waals surface area (Å²) >= 11 is 0. The zero-order chi connectivity index (χ0) is 15.0. The zero-order valence-electron chi connectivity index (χ0n) is 12.4. The van der Waals surface area contributed by atoms with Gasteiger partial charge in [0.15, 0.2) is 11.5 Å². The van der Waals surface area contributed by atoms with Crippen LogP contribution in [0.1, 0.15) is 25.3 Å². The Labute approximate surface area is 120 Å². The smallest absolute Gasteiger partial charge is 0.219 e. The molecule has 5 nitrogen and oxygen atoms in total. The number of benzene rings is 1. The highest BCUT2D eigenvalue weighted by Crippen LogP contribution is 2.31. The molecular weight excluding hydrogens is 256 g/mol. The minimum atomic E-state index is 0.0180. The van der Waals surface area contributed by atoms with Gasteiger partial charge in [-0.05, 0) is 31.4 Å². The van der Waals surface area contributed by atoms with E-state index < -0.39 is 0 Å². The van der Waals surface area contributed by atoms with Crippen molar-refractivity contribution in [3.05, 3.63) is 23.8 Å². The molecule has 0 fully saturated rings. The Balaban J connectivity index is 2.68. The Morgan fingerprint density at radius 2 is 2.20 bits per heavy atom. The van der Waals surface area contributed by atoms with Gasteiger partial charge in [-0.25, -0.2) is 0 Å². The molecule has 0 spiro atoms. The molecule has 1 rings (SSSR count). The summed E-state index contributed by atoms with van der Waals surface area (Å²) in [4.78, 5) is 11.2. The molecule has 0 aromatic heterocycles. The van der Waals surface area contributed by atoms with Gasteiger partial charge in [0.05, 0.1) is 13.7 Å². The summed E-state index contributed by atoms with van der Waals surface area (Å²) in [6, 6.07) is 5.82. The van der Waals surface area contributed by atoms with Crippen LogP contribution < -0.4 is 20.5 Å². The number of hydrogen-bond acceptors (Lipinski definition) is 4. The van der Waals surface area contributed by atoms with Crippen molar-refractivity contribution in [2.24, 2.45) is 5.73 Å². The summed E-state index contributed by atoms with van der Waals surface area (Å²) < 4.78 is 11.1. The monoisotopic (exact) mass is 280 g/mol. The van der Waals surface area contributed by atoms with Crippen LogP contribution >= 0.6 is 0 Å². The van der Waals surface area contributed by atoms with Crippen LogP contribution in [0, 0.1) is 0 Å². The molecule has 1 aromatic carbocycles. The van der Waals surface area contributed by atoms with Crippen molar-refractivity contribution in [3.8, 4) is 11.5 Å². The second-order valence-electron chi connectivity index (χ2n) is 4.76. The minimum Gasteiger partial charge on any atom is -0.493 e. The van der Waals surface area contributed by atoms with Crippen molar-refractivity contribution in [1.82, 2.24) is 5.32 Å². The van der Waals surface area contributed by atoms with Gasteiger partial charge in [0.25, 0.3) is 0 Å². The van der Waals surface area contributed by atoms with Crippen LogP contribution in [0.3, 0.4) is 0 Å². The van der Waals surface area contributed by atoms with Crippen LogP contribution in [-0.2, 0) is 11.2 Å². The van der Waals surface area contributed by atoms with Gasteiger partial charge in [-0.1, -0.05) is 12.1 Å². The fraction of sp³-hybridized carbons (Fsp3) is 0.533. The number of nitrogens with one attached hydrogen (secondary N) is 1. The minimum absolute atomic E-state index is 0.0180. The average molecular weight is 280 g/mol. The average Bonchev–Trinajstić information content (AvgIpc) is 2.43. The van der Waals surface area contributed by atoms with Crippen LogP contribution in [0.4, 0.5) is 0 Å². The Morgan fingerprint density at radius 3 is 2.80 bits per heavy atom. The molecule has 0 saturated carbocycles. The van der Waals surface area contributed by atoms with E-state index in [4.69, 9.17) is 15.2 Å². The van der Waals surface area contributed by atoms with Crippen molar-refractivity contribution in [3.63, 3.8) is 0 Å². The lowest BCUT2D eigenvalue weighted by molar-refractivity contribution is -0.120. The van der Waals surface area contributed by atoms with E-state index >= 15 is 0 Å². The molecule has 0 saturated heterocycles. The summed E-state index contributed by atoms with van der Waals surface area (Å²) in [6.45, 7) is 2.43. The van der Waals surface area contributed by atoms with Crippen molar-refractivity contribution < 1.29 is 14.3 Å². The van der Waals surface area contributed by atoms with Crippen LogP contribution in [0.5, 0.6) is 11.5 Å². The van der Waals surface area contributed by atoms with E-state index in [0.29, 0.717) is 25.2 Å². The molecule has 112 valence electrons. The first-order valence-corrected chi connectivity index (χ1v) is 6.83. The predicted octanol–water partition coefficient (Wildman–Crippen LogP) is 1.49. The van der Waals surface area contributed by atoms with Crippen LogP contribution in [0.25, 0.3) is 0 Å². The third kappa shape index (κ3) is 5.09. The fourth-order valence-electron chi connectivity index (χ4n) is 1.93. The van der Waals surface area contributed by atoms with E-state index in [1.54, 1.807) is 14.2 Å². The maximum absolute atomic E-state index is 11.2. The Bertz CT molecular complexity index is 433. The van der Waals surface area contributed by atoms with Gasteiger partial charge >= 0.3 is 0 Å². The Kier molecular flexibility index (Phi) is 6.87. The van der Waals surface area contributed by atoms with E-state index in [-0.39, 0.29) is 11.9 Å². The lowest BCUT2D eigenvalue weighted by atomic mass is 10.1. The molecule has 0 radical (unpaired) electrons. The second kappa shape index (κ2) is 8.43. The number of para-hydroxylation sites is 1. The normalized spacial score (nSPS) is 11.8. The summed E-state index contributed by atoms with van der Waals surface area (Å²) in [6.07, 6.45) is 1.84. The number of ether oxygens (including phenoxy) is 2. The summed E-state index contributed by atoms with van der Waals surface area (Å²) in [5.41, 5.74) is 6.88. The van der Waals surface area contributed by atoms with Crippen molar-refractivity contribution in [2.75, 3.05) is 20.8 Å². The van der Waals surface area contributed by atoms with E-state index in [0.717, 1.165) is 17.7 Å². The third-order valence-electron chi connectivity index (χ3n) is 2.90. The van der Waals surface area contributed by atoms with Gasteiger partial charge in [-0.15, -0.1) is 0 Å². The van der Waals surface area contributed by atoms with Gasteiger partial charge in [0.1, 0.15) is 0 Å². The Morgan fingerprint density at radius 1 is 1.45 bits per heavy atom. The number of hydrogen-bond donors (Lipinski definition) is 2. The topological polar surface area (TPSA) is 73.6 Å². The molecule has 20 heavy (non-hydrogen) atoms. The quantitative estimate of drug-likeness (QED) is 0.708. The maximum atomic E-state index is 11.2. The molecule has 1 aromatic rings. The molecule has 1 atom stereocenters. The van der Waals surface area contributed by atoms with E-state index in [1.165, 1.54) is 0 Å². The molecule has 0 aliphatic rings. The molecule has 3 N–H and O–H groups in total. The zero-order valence-corrected chi connectivity index (χ0v) is 12.4. The second-order valence-corrected chi connectivity index (χ2v) is 4.76. The van der Waals surface area contributed by atoms with E-state index in [2.05, 4.69) is 5.32 Å². The first-order chi connectivity index (χ1) is 9.58. The molecule has 0 heterocycles. The molecule has 0 aliphatic heterocycles. The lowest BCUT2D eigenvalue weighted by Crippen LogP contribution is -2.19. The SMILES string of the molecule is CNC(=O)CCCOc1c(CC(C)N)cccc1OC. The fourth-order valence-corrected chi connectivity index (χ4v) is 1.93. The number of carbonyl (C=O) groups is 1. The summed E-state index contributed by atoms with van der Waals surface area (Å²) in [5, 5.41) is 2.59. The van der Waals surface area contributed by atoms with Gasteiger partial charge in [-0.2, -0.15) is 0 Å². The number of methoxy groups -OCH3 is 1. The molecule has 1 unspecified atom stereocenters. The number of rotatable bonds is 8. The molecule has 0 aliphatic carbocycles. The van der Waals surface area contributed by atoms with Crippen LogP contribution in [0.15, 0.2) is 18.2 Å². The van der Waals surface area contributed by atoms with Gasteiger partial charge in [0.2, 0.25) is 5.91 Å². The van der Waals surface area contributed by atoms with Crippen LogP contribution in [-0.4, -0.2) is 32.7 Å².